The van der Waals surface area contributed by atoms with Crippen molar-refractivity contribution >= 4 is 5.91 Å². The van der Waals surface area contributed by atoms with E-state index in [9.17, 15) is 40.5 Å². The summed E-state index contributed by atoms with van der Waals surface area (Å²) in [6, 6.07) is -1.18. The molecule has 9 unspecified atom stereocenters. The lowest BCUT2D eigenvalue weighted by molar-refractivity contribution is -0.303. The van der Waals surface area contributed by atoms with Gasteiger partial charge in [-0.25, -0.2) is 0 Å². The molecule has 0 aromatic heterocycles. The number of hydrogen-bond acceptors (Lipinski definition) is 10. The molecule has 8 N–H and O–H groups in total. The molecule has 1 amide bonds. The van der Waals surface area contributed by atoms with E-state index in [2.05, 4.69) is 24.4 Å². The molecule has 9 atom stereocenters. The molecule has 0 radical (unpaired) electrons. The minimum absolute atomic E-state index is 0.244. The Hall–Kier alpha value is -1.41. The van der Waals surface area contributed by atoms with Crippen molar-refractivity contribution in [1.82, 2.24) is 5.32 Å². The largest absolute Gasteiger partial charge is 0.394 e. The summed E-state index contributed by atoms with van der Waals surface area (Å²) < 4.78 is 11.0. The molecule has 0 aliphatic carbocycles. The molecular formula is C38H71NO10. The molecule has 0 aromatic carbocycles. The number of carbonyl (C=O) groups is 1. The molecule has 1 fully saturated rings. The van der Waals surface area contributed by atoms with Crippen LogP contribution in [0.4, 0.5) is 0 Å². The third kappa shape index (κ3) is 20.3. The normalized spacial score (nSPS) is 24.0. The number of ether oxygens (including phenoxy) is 2. The van der Waals surface area contributed by atoms with Gasteiger partial charge in [-0.15, -0.1) is 0 Å². The van der Waals surface area contributed by atoms with Crippen molar-refractivity contribution in [2.45, 2.75) is 197 Å². The lowest BCUT2D eigenvalue weighted by Crippen LogP contribution is -2.60. The molecule has 11 heteroatoms. The number of nitrogens with one attached hydrogen (secondary N) is 1. The topological polar surface area (TPSA) is 189 Å². The maximum atomic E-state index is 13.0. The lowest BCUT2D eigenvalue weighted by Gasteiger charge is -2.40. The summed E-state index contributed by atoms with van der Waals surface area (Å²) in [5.74, 6) is -0.715. The van der Waals surface area contributed by atoms with Crippen LogP contribution in [-0.2, 0) is 14.3 Å². The zero-order valence-electron chi connectivity index (χ0n) is 30.4. The number of allylic oxidation sites excluding steroid dienone is 4. The summed E-state index contributed by atoms with van der Waals surface area (Å²) in [6.45, 7) is 3.14. The molecule has 11 nitrogen and oxygen atoms in total. The van der Waals surface area contributed by atoms with Gasteiger partial charge in [0, 0.05) is 0 Å². The first-order valence-corrected chi connectivity index (χ1v) is 19.2. The van der Waals surface area contributed by atoms with E-state index in [4.69, 9.17) is 9.47 Å². The van der Waals surface area contributed by atoms with E-state index in [-0.39, 0.29) is 12.8 Å². The Morgan fingerprint density at radius 1 is 0.735 bits per heavy atom. The highest BCUT2D eigenvalue weighted by molar-refractivity contribution is 5.80. The fourth-order valence-electron chi connectivity index (χ4n) is 6.05. The highest BCUT2D eigenvalue weighted by atomic mass is 16.7. The van der Waals surface area contributed by atoms with Crippen molar-refractivity contribution in [1.29, 1.82) is 0 Å². The Bertz CT molecular complexity index is 856. The number of rotatable bonds is 30. The van der Waals surface area contributed by atoms with Gasteiger partial charge in [-0.05, 0) is 45.4 Å². The summed E-state index contributed by atoms with van der Waals surface area (Å²) in [4.78, 5) is 13.0. The maximum Gasteiger partial charge on any atom is 0.249 e. The highest BCUT2D eigenvalue weighted by Gasteiger charge is 2.44. The SMILES string of the molecule is C/C=C/CC/C=C/CCCC(O)C(O)C(COC1OC(CO)C(O)C(O)C1O)NC(=O)C(O)CCCCCCCCCCCCCCCC. The quantitative estimate of drug-likeness (QED) is 0.0396. The average Bonchev–Trinajstić information content (AvgIpc) is 3.10. The number of aliphatic hydroxyl groups is 7. The van der Waals surface area contributed by atoms with Crippen LogP contribution >= 0.6 is 0 Å². The molecule has 0 aromatic rings. The molecule has 288 valence electrons. The number of carbonyl (C=O) groups excluding carboxylic acids is 1. The van der Waals surface area contributed by atoms with Crippen LogP contribution in [0.25, 0.3) is 0 Å². The van der Waals surface area contributed by atoms with Crippen LogP contribution in [0.5, 0.6) is 0 Å². The van der Waals surface area contributed by atoms with E-state index >= 15 is 0 Å². The molecule has 1 aliphatic rings. The van der Waals surface area contributed by atoms with E-state index in [1.165, 1.54) is 64.2 Å². The summed E-state index contributed by atoms with van der Waals surface area (Å²) >= 11 is 0. The van der Waals surface area contributed by atoms with Crippen LogP contribution in [0, 0.1) is 0 Å². The third-order valence-electron chi connectivity index (χ3n) is 9.33. The number of aliphatic hydroxyl groups excluding tert-OH is 7. The van der Waals surface area contributed by atoms with Crippen LogP contribution in [0.3, 0.4) is 0 Å². The van der Waals surface area contributed by atoms with E-state index in [1.54, 1.807) is 0 Å². The van der Waals surface area contributed by atoms with E-state index in [0.29, 0.717) is 19.3 Å². The summed E-state index contributed by atoms with van der Waals surface area (Å²) in [7, 11) is 0. The Morgan fingerprint density at radius 2 is 1.29 bits per heavy atom. The smallest absolute Gasteiger partial charge is 0.249 e. The van der Waals surface area contributed by atoms with Crippen molar-refractivity contribution in [3.8, 4) is 0 Å². The van der Waals surface area contributed by atoms with Gasteiger partial charge in [-0.1, -0.05) is 121 Å². The first-order chi connectivity index (χ1) is 23.7. The van der Waals surface area contributed by atoms with E-state index in [0.717, 1.165) is 32.1 Å². The Balaban J connectivity index is 2.55. The van der Waals surface area contributed by atoms with Gasteiger partial charge >= 0.3 is 0 Å². The van der Waals surface area contributed by atoms with E-state index < -0.39 is 74.2 Å². The summed E-state index contributed by atoms with van der Waals surface area (Å²) in [5, 5.41) is 74.9. The standard InChI is InChI=1S/C38H71NO10/c1-3-5-7-9-11-13-14-15-16-17-18-20-22-24-26-31(42)37(47)39-29(28-48-38-36(46)35(45)34(44)32(27-40)49-38)33(43)30(41)25-23-21-19-12-10-8-6-4-2/h4,6,12,19,29-36,38,40-46H,3,5,7-11,13-18,20-28H2,1-2H3,(H,39,47)/b6-4+,19-12+. The first-order valence-electron chi connectivity index (χ1n) is 19.2. The van der Waals surface area contributed by atoms with Gasteiger partial charge in [0.05, 0.1) is 25.4 Å². The Morgan fingerprint density at radius 3 is 1.86 bits per heavy atom. The number of hydrogen-bond donors (Lipinski definition) is 8. The predicted octanol–water partition coefficient (Wildman–Crippen LogP) is 4.32. The van der Waals surface area contributed by atoms with Gasteiger partial charge in [-0.2, -0.15) is 0 Å². The van der Waals surface area contributed by atoms with Gasteiger partial charge in [0.2, 0.25) is 5.91 Å². The number of amides is 1. The molecule has 1 rings (SSSR count). The van der Waals surface area contributed by atoms with Crippen molar-refractivity contribution in [3.63, 3.8) is 0 Å². The van der Waals surface area contributed by atoms with Crippen molar-refractivity contribution in [2.24, 2.45) is 0 Å². The second kappa shape index (κ2) is 29.2. The molecule has 1 heterocycles. The monoisotopic (exact) mass is 702 g/mol. The lowest BCUT2D eigenvalue weighted by atomic mass is 9.98. The second-order valence-electron chi connectivity index (χ2n) is 13.7. The minimum Gasteiger partial charge on any atom is -0.394 e. The number of unbranched alkanes of at least 4 members (excludes halogenated alkanes) is 15. The third-order valence-corrected chi connectivity index (χ3v) is 9.33. The van der Waals surface area contributed by atoms with Gasteiger partial charge in [-0.3, -0.25) is 4.79 Å². The Kier molecular flexibility index (Phi) is 27.2. The summed E-state index contributed by atoms with van der Waals surface area (Å²) in [5.41, 5.74) is 0. The predicted molar refractivity (Wildman–Crippen MR) is 192 cm³/mol. The first kappa shape index (κ1) is 45.6. The molecule has 0 bridgehead atoms. The summed E-state index contributed by atoms with van der Waals surface area (Å²) in [6.07, 6.45) is 17.1. The van der Waals surface area contributed by atoms with Crippen LogP contribution in [0.15, 0.2) is 24.3 Å². The molecular weight excluding hydrogens is 630 g/mol. The molecule has 1 saturated heterocycles. The van der Waals surface area contributed by atoms with Gasteiger partial charge in [0.15, 0.2) is 6.29 Å². The van der Waals surface area contributed by atoms with Crippen molar-refractivity contribution in [2.75, 3.05) is 13.2 Å². The van der Waals surface area contributed by atoms with E-state index in [1.807, 2.05) is 19.1 Å². The second-order valence-corrected chi connectivity index (χ2v) is 13.7. The molecule has 1 aliphatic heterocycles. The maximum absolute atomic E-state index is 13.0. The van der Waals surface area contributed by atoms with Crippen molar-refractivity contribution in [3.05, 3.63) is 24.3 Å². The Labute approximate surface area is 295 Å². The zero-order valence-corrected chi connectivity index (χ0v) is 30.4. The van der Waals surface area contributed by atoms with Crippen LogP contribution < -0.4 is 5.32 Å². The minimum atomic E-state index is -1.67. The molecule has 49 heavy (non-hydrogen) atoms. The molecule has 0 spiro atoms. The van der Waals surface area contributed by atoms with Gasteiger partial charge in [0.25, 0.3) is 0 Å². The van der Waals surface area contributed by atoms with Crippen LogP contribution in [0.1, 0.15) is 142 Å². The van der Waals surface area contributed by atoms with Gasteiger partial charge < -0.3 is 50.5 Å². The van der Waals surface area contributed by atoms with Crippen molar-refractivity contribution < 1.29 is 50.0 Å². The van der Waals surface area contributed by atoms with Crippen LogP contribution in [0.2, 0.25) is 0 Å². The fraction of sp³-hybridized carbons (Fsp3) is 0.868. The highest BCUT2D eigenvalue weighted by Crippen LogP contribution is 2.23. The zero-order chi connectivity index (χ0) is 36.3. The van der Waals surface area contributed by atoms with Crippen LogP contribution in [-0.4, -0.2) is 110 Å². The average molecular weight is 702 g/mol. The fourth-order valence-corrected chi connectivity index (χ4v) is 6.05. The van der Waals surface area contributed by atoms with Gasteiger partial charge in [0.1, 0.15) is 36.6 Å². The molecule has 0 saturated carbocycles.